The molecule has 1 aromatic heterocycles. The van der Waals surface area contributed by atoms with Crippen LogP contribution in [0.5, 0.6) is 0 Å². The topological polar surface area (TPSA) is 66.9 Å². The largest absolute Gasteiger partial charge is 0.369 e. The molecule has 1 heterocycles. The number of hydrogen-bond acceptors (Lipinski definition) is 4. The Bertz CT molecular complexity index is 846. The van der Waals surface area contributed by atoms with Gasteiger partial charge in [0.2, 0.25) is 0 Å². The van der Waals surface area contributed by atoms with E-state index >= 15 is 0 Å². The van der Waals surface area contributed by atoms with Gasteiger partial charge in [0.1, 0.15) is 11.5 Å². The SMILES string of the molecule is CCc1ccc(NC(=O)c2cnc(NCCCc3ccccc3)cn2)cc1. The number of benzene rings is 2. The molecule has 3 aromatic rings. The molecule has 5 heteroatoms. The van der Waals surface area contributed by atoms with Crippen LogP contribution in [0.4, 0.5) is 11.5 Å². The van der Waals surface area contributed by atoms with Gasteiger partial charge in [-0.15, -0.1) is 0 Å². The van der Waals surface area contributed by atoms with Gasteiger partial charge >= 0.3 is 0 Å². The molecule has 5 nitrogen and oxygen atoms in total. The molecule has 0 spiro atoms. The minimum absolute atomic E-state index is 0.262. The maximum atomic E-state index is 12.3. The fourth-order valence-electron chi connectivity index (χ4n) is 2.71. The Balaban J connectivity index is 1.46. The summed E-state index contributed by atoms with van der Waals surface area (Å²) >= 11 is 0. The summed E-state index contributed by atoms with van der Waals surface area (Å²) in [5.41, 5.74) is 3.60. The minimum atomic E-state index is -0.262. The molecule has 0 saturated heterocycles. The molecule has 1 amide bonds. The second-order valence-electron chi connectivity index (χ2n) is 6.31. The fourth-order valence-corrected chi connectivity index (χ4v) is 2.71. The van der Waals surface area contributed by atoms with E-state index in [1.165, 1.54) is 17.3 Å². The van der Waals surface area contributed by atoms with Gasteiger partial charge in [-0.25, -0.2) is 9.97 Å². The Morgan fingerprint density at radius 2 is 1.70 bits per heavy atom. The minimum Gasteiger partial charge on any atom is -0.369 e. The molecule has 0 bridgehead atoms. The lowest BCUT2D eigenvalue weighted by molar-refractivity contribution is 0.102. The lowest BCUT2D eigenvalue weighted by atomic mass is 10.1. The third kappa shape index (κ3) is 5.64. The quantitative estimate of drug-likeness (QED) is 0.587. The summed E-state index contributed by atoms with van der Waals surface area (Å²) in [6, 6.07) is 18.2. The first kappa shape index (κ1) is 18.6. The van der Waals surface area contributed by atoms with Gasteiger partial charge in [0.05, 0.1) is 12.4 Å². The number of amides is 1. The van der Waals surface area contributed by atoms with Crippen molar-refractivity contribution in [2.75, 3.05) is 17.2 Å². The molecule has 0 aliphatic carbocycles. The van der Waals surface area contributed by atoms with Crippen molar-refractivity contribution in [1.29, 1.82) is 0 Å². The van der Waals surface area contributed by atoms with Crippen LogP contribution in [0.2, 0.25) is 0 Å². The number of carbonyl (C=O) groups is 1. The molecule has 0 radical (unpaired) electrons. The van der Waals surface area contributed by atoms with Crippen molar-refractivity contribution in [3.8, 4) is 0 Å². The molecule has 0 aliphatic heterocycles. The van der Waals surface area contributed by atoms with Crippen molar-refractivity contribution in [3.63, 3.8) is 0 Å². The second-order valence-corrected chi connectivity index (χ2v) is 6.31. The van der Waals surface area contributed by atoms with Gasteiger partial charge in [-0.3, -0.25) is 4.79 Å². The number of aromatic nitrogens is 2. The number of nitrogens with one attached hydrogen (secondary N) is 2. The van der Waals surface area contributed by atoms with Gasteiger partial charge in [0, 0.05) is 12.2 Å². The van der Waals surface area contributed by atoms with Crippen molar-refractivity contribution in [3.05, 3.63) is 83.8 Å². The number of aryl methyl sites for hydroxylation is 2. The van der Waals surface area contributed by atoms with Crippen molar-refractivity contribution < 1.29 is 4.79 Å². The molecule has 0 saturated carbocycles. The number of nitrogens with zero attached hydrogens (tertiary/aromatic N) is 2. The molecular formula is C22H24N4O. The lowest BCUT2D eigenvalue weighted by Gasteiger charge is -2.07. The van der Waals surface area contributed by atoms with Crippen LogP contribution in [0.3, 0.4) is 0 Å². The first-order valence-electron chi connectivity index (χ1n) is 9.24. The van der Waals surface area contributed by atoms with Gasteiger partial charge in [-0.2, -0.15) is 0 Å². The van der Waals surface area contributed by atoms with E-state index in [2.05, 4.69) is 51.8 Å². The molecule has 0 atom stereocenters. The zero-order chi connectivity index (χ0) is 18.9. The van der Waals surface area contributed by atoms with Crippen LogP contribution in [-0.2, 0) is 12.8 Å². The van der Waals surface area contributed by atoms with E-state index in [0.29, 0.717) is 11.5 Å². The molecule has 27 heavy (non-hydrogen) atoms. The fraction of sp³-hybridized carbons (Fsp3) is 0.227. The molecule has 2 N–H and O–H groups in total. The highest BCUT2D eigenvalue weighted by Crippen LogP contribution is 2.11. The standard InChI is InChI=1S/C22H24N4O/c1-2-17-10-12-19(13-11-17)26-22(27)20-15-25-21(16-24-20)23-14-6-9-18-7-4-3-5-8-18/h3-5,7-8,10-13,15-16H,2,6,9,14H2,1H3,(H,23,25)(H,26,27). The number of rotatable bonds is 8. The molecule has 2 aromatic carbocycles. The highest BCUT2D eigenvalue weighted by molar-refractivity contribution is 6.02. The van der Waals surface area contributed by atoms with Gasteiger partial charge in [0.15, 0.2) is 0 Å². The van der Waals surface area contributed by atoms with E-state index in [-0.39, 0.29) is 5.91 Å². The first-order valence-corrected chi connectivity index (χ1v) is 9.24. The summed E-state index contributed by atoms with van der Waals surface area (Å²) in [7, 11) is 0. The molecule has 0 aliphatic rings. The lowest BCUT2D eigenvalue weighted by Crippen LogP contribution is -2.14. The third-order valence-electron chi connectivity index (χ3n) is 4.30. The maximum absolute atomic E-state index is 12.3. The predicted molar refractivity (Wildman–Crippen MR) is 109 cm³/mol. The van der Waals surface area contributed by atoms with Crippen LogP contribution in [-0.4, -0.2) is 22.4 Å². The number of carbonyl (C=O) groups excluding carboxylic acids is 1. The van der Waals surface area contributed by atoms with Gasteiger partial charge < -0.3 is 10.6 Å². The first-order chi connectivity index (χ1) is 13.2. The Labute approximate surface area is 159 Å². The van der Waals surface area contributed by atoms with E-state index in [9.17, 15) is 4.79 Å². The van der Waals surface area contributed by atoms with Crippen molar-refractivity contribution in [2.45, 2.75) is 26.2 Å². The van der Waals surface area contributed by atoms with E-state index < -0.39 is 0 Å². The van der Waals surface area contributed by atoms with Crippen molar-refractivity contribution in [2.24, 2.45) is 0 Å². The summed E-state index contributed by atoms with van der Waals surface area (Å²) < 4.78 is 0. The second kappa shape index (κ2) is 9.48. The van der Waals surface area contributed by atoms with Crippen molar-refractivity contribution in [1.82, 2.24) is 9.97 Å². The van der Waals surface area contributed by atoms with Crippen molar-refractivity contribution >= 4 is 17.4 Å². The average molecular weight is 360 g/mol. The Kier molecular flexibility index (Phi) is 6.52. The highest BCUT2D eigenvalue weighted by atomic mass is 16.1. The van der Waals surface area contributed by atoms with Gasteiger partial charge in [0.25, 0.3) is 5.91 Å². The third-order valence-corrected chi connectivity index (χ3v) is 4.30. The molecule has 3 rings (SSSR count). The summed E-state index contributed by atoms with van der Waals surface area (Å²) in [6.07, 6.45) is 6.08. The molecule has 0 unspecified atom stereocenters. The molecule has 138 valence electrons. The smallest absolute Gasteiger partial charge is 0.275 e. The van der Waals surface area contributed by atoms with Crippen LogP contribution in [0.15, 0.2) is 67.0 Å². The van der Waals surface area contributed by atoms with E-state index in [1.54, 1.807) is 6.20 Å². The zero-order valence-corrected chi connectivity index (χ0v) is 15.5. The Morgan fingerprint density at radius 1 is 0.926 bits per heavy atom. The zero-order valence-electron chi connectivity index (χ0n) is 15.5. The summed E-state index contributed by atoms with van der Waals surface area (Å²) in [5.74, 6) is 0.411. The van der Waals surface area contributed by atoms with E-state index in [0.717, 1.165) is 31.5 Å². The molecular weight excluding hydrogens is 336 g/mol. The maximum Gasteiger partial charge on any atom is 0.275 e. The van der Waals surface area contributed by atoms with Crippen LogP contribution in [0.25, 0.3) is 0 Å². The average Bonchev–Trinajstić information content (AvgIpc) is 2.73. The van der Waals surface area contributed by atoms with E-state index in [1.807, 2.05) is 30.3 Å². The number of anilines is 2. The Morgan fingerprint density at radius 3 is 2.37 bits per heavy atom. The Hall–Kier alpha value is -3.21. The highest BCUT2D eigenvalue weighted by Gasteiger charge is 2.08. The summed E-state index contributed by atoms with van der Waals surface area (Å²) in [4.78, 5) is 20.8. The normalized spacial score (nSPS) is 10.4. The number of hydrogen-bond donors (Lipinski definition) is 2. The van der Waals surface area contributed by atoms with Crippen LogP contribution in [0.1, 0.15) is 35.0 Å². The predicted octanol–water partition coefficient (Wildman–Crippen LogP) is 4.34. The monoisotopic (exact) mass is 360 g/mol. The van der Waals surface area contributed by atoms with Crippen LogP contribution >= 0.6 is 0 Å². The summed E-state index contributed by atoms with van der Waals surface area (Å²) in [6.45, 7) is 2.90. The molecule has 0 fully saturated rings. The summed E-state index contributed by atoms with van der Waals surface area (Å²) in [5, 5.41) is 6.08. The van der Waals surface area contributed by atoms with E-state index in [4.69, 9.17) is 0 Å². The van der Waals surface area contributed by atoms with Gasteiger partial charge in [-0.05, 0) is 42.5 Å². The van der Waals surface area contributed by atoms with Crippen LogP contribution < -0.4 is 10.6 Å². The van der Waals surface area contributed by atoms with Gasteiger partial charge in [-0.1, -0.05) is 49.4 Å². The van der Waals surface area contributed by atoms with Crippen LogP contribution in [0, 0.1) is 0 Å².